The van der Waals surface area contributed by atoms with Crippen molar-refractivity contribution in [3.8, 4) is 5.75 Å². The lowest BCUT2D eigenvalue weighted by Gasteiger charge is -2.19. The van der Waals surface area contributed by atoms with Crippen LogP contribution < -0.4 is 4.74 Å². The third-order valence-corrected chi connectivity index (χ3v) is 5.57. The molecule has 1 heterocycles. The van der Waals surface area contributed by atoms with E-state index in [1.54, 1.807) is 7.11 Å². The summed E-state index contributed by atoms with van der Waals surface area (Å²) in [7, 11) is 1.67. The summed E-state index contributed by atoms with van der Waals surface area (Å²) in [5.41, 5.74) is 2.26. The molecule has 0 aromatic heterocycles. The van der Waals surface area contributed by atoms with Crippen LogP contribution in [0.25, 0.3) is 10.8 Å². The van der Waals surface area contributed by atoms with E-state index in [1.807, 2.05) is 60.7 Å². The van der Waals surface area contributed by atoms with Crippen LogP contribution in [0.4, 0.5) is 4.79 Å². The summed E-state index contributed by atoms with van der Waals surface area (Å²) in [6, 6.07) is 21.7. The van der Waals surface area contributed by atoms with Crippen molar-refractivity contribution in [2.75, 3.05) is 13.7 Å². The number of benzene rings is 3. The van der Waals surface area contributed by atoms with Gasteiger partial charge in [0.05, 0.1) is 13.2 Å². The Morgan fingerprint density at radius 1 is 1.03 bits per heavy atom. The second kappa shape index (κ2) is 8.99. The van der Waals surface area contributed by atoms with Gasteiger partial charge in [-0.15, -0.1) is 0 Å². The molecule has 30 heavy (non-hydrogen) atoms. The van der Waals surface area contributed by atoms with Gasteiger partial charge in [0, 0.05) is 11.8 Å². The van der Waals surface area contributed by atoms with Crippen LogP contribution in [0.1, 0.15) is 24.0 Å². The summed E-state index contributed by atoms with van der Waals surface area (Å²) < 4.78 is 10.6. The molecule has 3 aromatic rings. The van der Waals surface area contributed by atoms with Crippen LogP contribution in [0.5, 0.6) is 5.75 Å². The number of amides is 2. The van der Waals surface area contributed by atoms with Crippen LogP contribution in [-0.4, -0.2) is 36.7 Å². The number of nitrogens with zero attached hydrogens (tertiary/aromatic N) is 1. The standard InChI is InChI=1S/C25H25NO4/c1-29-23-15-14-19(21-11-5-6-12-22(21)23)10-7-13-24(27)26-20(17-30-25(26)28)16-18-8-3-2-4-9-18/h2-6,8-9,11-12,14-15,20H,7,10,13,16-17H2,1H3/t20-/m0/s1. The van der Waals surface area contributed by atoms with Gasteiger partial charge in [0.25, 0.3) is 0 Å². The zero-order valence-electron chi connectivity index (χ0n) is 17.0. The minimum atomic E-state index is -0.532. The summed E-state index contributed by atoms with van der Waals surface area (Å²) in [6.07, 6.45) is 1.80. The summed E-state index contributed by atoms with van der Waals surface area (Å²) in [4.78, 5) is 26.3. The number of ether oxygens (including phenoxy) is 2. The molecular formula is C25H25NO4. The van der Waals surface area contributed by atoms with Crippen molar-refractivity contribution in [1.82, 2.24) is 4.90 Å². The van der Waals surface area contributed by atoms with Crippen molar-refractivity contribution in [3.05, 3.63) is 77.9 Å². The maximum absolute atomic E-state index is 12.8. The first-order valence-electron chi connectivity index (χ1n) is 10.2. The van der Waals surface area contributed by atoms with E-state index in [4.69, 9.17) is 9.47 Å². The number of rotatable bonds is 7. The smallest absolute Gasteiger partial charge is 0.416 e. The van der Waals surface area contributed by atoms with Gasteiger partial charge >= 0.3 is 6.09 Å². The van der Waals surface area contributed by atoms with Gasteiger partial charge in [-0.25, -0.2) is 9.69 Å². The quantitative estimate of drug-likeness (QED) is 0.571. The normalized spacial score (nSPS) is 16.0. The molecular weight excluding hydrogens is 378 g/mol. The zero-order chi connectivity index (χ0) is 20.9. The molecule has 1 aliphatic heterocycles. The Labute approximate surface area is 176 Å². The highest BCUT2D eigenvalue weighted by Crippen LogP contribution is 2.29. The molecule has 5 nitrogen and oxygen atoms in total. The fraction of sp³-hybridized carbons (Fsp3) is 0.280. The molecule has 1 fully saturated rings. The molecule has 0 radical (unpaired) electrons. The average Bonchev–Trinajstić information content (AvgIpc) is 3.14. The number of hydrogen-bond acceptors (Lipinski definition) is 4. The van der Waals surface area contributed by atoms with Crippen LogP contribution in [0.3, 0.4) is 0 Å². The van der Waals surface area contributed by atoms with Crippen LogP contribution >= 0.6 is 0 Å². The number of carbonyl (C=O) groups excluding carboxylic acids is 2. The number of cyclic esters (lactones) is 1. The SMILES string of the molecule is COc1ccc(CCCC(=O)N2C(=O)OC[C@@H]2Cc2ccccc2)c2ccccc12. The number of aryl methyl sites for hydroxylation is 1. The number of fused-ring (bicyclic) bond motifs is 1. The van der Waals surface area contributed by atoms with E-state index in [9.17, 15) is 9.59 Å². The first-order chi connectivity index (χ1) is 14.7. The first kappa shape index (κ1) is 20.0. The Balaban J connectivity index is 1.41. The Bertz CT molecular complexity index is 1050. The lowest BCUT2D eigenvalue weighted by Crippen LogP contribution is -2.40. The minimum absolute atomic E-state index is 0.170. The third-order valence-electron chi connectivity index (χ3n) is 5.57. The molecule has 0 saturated carbocycles. The molecule has 1 saturated heterocycles. The van der Waals surface area contributed by atoms with Crippen LogP contribution in [0, 0.1) is 0 Å². The number of carbonyl (C=O) groups is 2. The second-order valence-electron chi connectivity index (χ2n) is 7.51. The third kappa shape index (κ3) is 4.15. The van der Waals surface area contributed by atoms with Gasteiger partial charge in [-0.2, -0.15) is 0 Å². The van der Waals surface area contributed by atoms with Crippen LogP contribution in [0.2, 0.25) is 0 Å². The van der Waals surface area contributed by atoms with Crippen molar-refractivity contribution in [3.63, 3.8) is 0 Å². The maximum Gasteiger partial charge on any atom is 0.416 e. The van der Waals surface area contributed by atoms with E-state index in [-0.39, 0.29) is 18.6 Å². The van der Waals surface area contributed by atoms with Crippen LogP contribution in [0.15, 0.2) is 66.7 Å². The summed E-state index contributed by atoms with van der Waals surface area (Å²) >= 11 is 0. The molecule has 1 aliphatic rings. The molecule has 3 aromatic carbocycles. The Hall–Kier alpha value is -3.34. The second-order valence-corrected chi connectivity index (χ2v) is 7.51. The van der Waals surface area contributed by atoms with Crippen molar-refractivity contribution in [2.24, 2.45) is 0 Å². The van der Waals surface area contributed by atoms with Crippen molar-refractivity contribution in [2.45, 2.75) is 31.7 Å². The predicted octanol–water partition coefficient (Wildman–Crippen LogP) is 4.76. The number of imide groups is 1. The Kier molecular flexibility index (Phi) is 5.98. The Morgan fingerprint density at radius 3 is 2.53 bits per heavy atom. The lowest BCUT2D eigenvalue weighted by atomic mass is 9.99. The van der Waals surface area contributed by atoms with E-state index in [0.717, 1.165) is 28.5 Å². The monoisotopic (exact) mass is 403 g/mol. The highest BCUT2D eigenvalue weighted by Gasteiger charge is 2.37. The van der Waals surface area contributed by atoms with Crippen molar-refractivity contribution >= 4 is 22.8 Å². The largest absolute Gasteiger partial charge is 0.496 e. The van der Waals surface area contributed by atoms with Crippen LogP contribution in [-0.2, 0) is 22.4 Å². The number of methoxy groups -OCH3 is 1. The fourth-order valence-corrected chi connectivity index (χ4v) is 4.08. The average molecular weight is 403 g/mol. The molecule has 0 aliphatic carbocycles. The molecule has 154 valence electrons. The van der Waals surface area contributed by atoms with Gasteiger partial charge < -0.3 is 9.47 Å². The minimum Gasteiger partial charge on any atom is -0.496 e. The zero-order valence-corrected chi connectivity index (χ0v) is 17.0. The lowest BCUT2D eigenvalue weighted by molar-refractivity contribution is -0.129. The molecule has 5 heteroatoms. The molecule has 1 atom stereocenters. The molecule has 2 amide bonds. The maximum atomic E-state index is 12.8. The van der Waals surface area contributed by atoms with Gasteiger partial charge in [0.15, 0.2) is 0 Å². The van der Waals surface area contributed by atoms with Gasteiger partial charge in [-0.3, -0.25) is 4.79 Å². The van der Waals surface area contributed by atoms with E-state index >= 15 is 0 Å². The fourth-order valence-electron chi connectivity index (χ4n) is 4.08. The van der Waals surface area contributed by atoms with Gasteiger partial charge in [0.1, 0.15) is 12.4 Å². The summed E-state index contributed by atoms with van der Waals surface area (Å²) in [5, 5.41) is 2.20. The highest BCUT2D eigenvalue weighted by atomic mass is 16.6. The topological polar surface area (TPSA) is 55.8 Å². The molecule has 0 N–H and O–H groups in total. The van der Waals surface area contributed by atoms with Gasteiger partial charge in [0.2, 0.25) is 5.91 Å². The molecule has 4 rings (SSSR count). The van der Waals surface area contributed by atoms with Crippen molar-refractivity contribution in [1.29, 1.82) is 0 Å². The van der Waals surface area contributed by atoms with Gasteiger partial charge in [-0.05, 0) is 41.8 Å². The summed E-state index contributed by atoms with van der Waals surface area (Å²) in [6.45, 7) is 0.253. The van der Waals surface area contributed by atoms with E-state index < -0.39 is 6.09 Å². The molecule has 0 bridgehead atoms. The molecule has 0 unspecified atom stereocenters. The summed E-state index contributed by atoms with van der Waals surface area (Å²) in [5.74, 6) is 0.672. The van der Waals surface area contributed by atoms with Crippen molar-refractivity contribution < 1.29 is 19.1 Å². The predicted molar refractivity (Wildman–Crippen MR) is 116 cm³/mol. The first-order valence-corrected chi connectivity index (χ1v) is 10.2. The Morgan fingerprint density at radius 2 is 1.77 bits per heavy atom. The van der Waals surface area contributed by atoms with E-state index in [2.05, 4.69) is 6.07 Å². The number of hydrogen-bond donors (Lipinski definition) is 0. The molecule has 0 spiro atoms. The van der Waals surface area contributed by atoms with E-state index in [0.29, 0.717) is 19.3 Å². The van der Waals surface area contributed by atoms with E-state index in [1.165, 1.54) is 10.5 Å². The van der Waals surface area contributed by atoms with Gasteiger partial charge in [-0.1, -0.05) is 60.7 Å². The highest BCUT2D eigenvalue weighted by molar-refractivity contribution is 5.94.